The fourth-order valence-electron chi connectivity index (χ4n) is 4.92. The first-order valence-corrected chi connectivity index (χ1v) is 14.7. The van der Waals surface area contributed by atoms with E-state index in [-0.39, 0.29) is 39.5 Å². The van der Waals surface area contributed by atoms with Gasteiger partial charge in [0.05, 0.1) is 18.1 Å². The highest BCUT2D eigenvalue weighted by molar-refractivity contribution is 7.21. The Hall–Kier alpha value is -4.75. The summed E-state index contributed by atoms with van der Waals surface area (Å²) >= 11 is 13.7. The Morgan fingerprint density at radius 2 is 1.89 bits per heavy atom. The van der Waals surface area contributed by atoms with Gasteiger partial charge in [0.2, 0.25) is 5.88 Å². The third kappa shape index (κ3) is 5.51. The lowest BCUT2D eigenvalue weighted by Crippen LogP contribution is -2.21. The highest BCUT2D eigenvalue weighted by Crippen LogP contribution is 2.45. The molecule has 1 aliphatic rings. The van der Waals surface area contributed by atoms with Crippen LogP contribution in [0.3, 0.4) is 0 Å². The van der Waals surface area contributed by atoms with E-state index >= 15 is 0 Å². The minimum Gasteiger partial charge on any atom is -0.493 e. The number of carbonyl (C=O) groups excluding carboxylic acids is 1. The van der Waals surface area contributed by atoms with E-state index in [0.717, 1.165) is 4.70 Å². The van der Waals surface area contributed by atoms with Crippen molar-refractivity contribution in [1.29, 1.82) is 5.26 Å². The van der Waals surface area contributed by atoms with Crippen LogP contribution < -0.4 is 24.7 Å². The molecule has 1 unspecified atom stereocenters. The predicted molar refractivity (Wildman–Crippen MR) is 166 cm³/mol. The summed E-state index contributed by atoms with van der Waals surface area (Å²) in [4.78, 5) is 13.3. The second-order valence-corrected chi connectivity index (χ2v) is 11.6. The van der Waals surface area contributed by atoms with Gasteiger partial charge in [-0.15, -0.1) is 11.3 Å². The van der Waals surface area contributed by atoms with E-state index in [1.165, 1.54) is 30.6 Å². The molecule has 0 spiro atoms. The van der Waals surface area contributed by atoms with Crippen LogP contribution in [0.25, 0.3) is 10.1 Å². The maximum absolute atomic E-state index is 14.1. The SMILES string of the molecule is COc1cc(C2C(C#N)=C(N)Oc3cc(OC(=O)c4sc5cc(Cl)ccc5c4Cl)ccc32)ccc1OCc1ccccc1F. The number of hydrogen-bond acceptors (Lipinski definition) is 8. The smallest absolute Gasteiger partial charge is 0.355 e. The first-order valence-electron chi connectivity index (χ1n) is 13.1. The predicted octanol–water partition coefficient (Wildman–Crippen LogP) is 8.37. The van der Waals surface area contributed by atoms with Crippen LogP contribution in [0.15, 0.2) is 90.3 Å². The standard InChI is InChI=1S/C33H21Cl2FN2O5S/c1-40-27-12-17(6-11-25(27)41-16-18-4-2-3-5-24(18)36)29-21-10-8-20(14-26(21)43-32(38)23(29)15-37)42-33(39)31-30(35)22-9-7-19(34)13-28(22)44-31/h2-14,29H,16,38H2,1H3. The number of methoxy groups -OCH3 is 1. The Morgan fingerprint density at radius 3 is 2.66 bits per heavy atom. The highest BCUT2D eigenvalue weighted by Gasteiger charge is 2.32. The lowest BCUT2D eigenvalue weighted by atomic mass is 9.83. The number of carbonyl (C=O) groups is 1. The molecule has 11 heteroatoms. The largest absolute Gasteiger partial charge is 0.493 e. The molecule has 0 radical (unpaired) electrons. The molecule has 2 N–H and O–H groups in total. The van der Waals surface area contributed by atoms with Gasteiger partial charge in [-0.1, -0.05) is 59.6 Å². The van der Waals surface area contributed by atoms with Crippen LogP contribution in [0.2, 0.25) is 10.0 Å². The van der Waals surface area contributed by atoms with Gasteiger partial charge in [-0.2, -0.15) is 5.26 Å². The lowest BCUT2D eigenvalue weighted by Gasteiger charge is -2.27. The second kappa shape index (κ2) is 12.1. The number of nitrogens with two attached hydrogens (primary N) is 1. The summed E-state index contributed by atoms with van der Waals surface area (Å²) in [6, 6.07) is 23.7. The zero-order valence-electron chi connectivity index (χ0n) is 22.9. The van der Waals surface area contributed by atoms with Crippen molar-refractivity contribution in [1.82, 2.24) is 0 Å². The Balaban J connectivity index is 1.29. The molecule has 0 fully saturated rings. The number of hydrogen-bond donors (Lipinski definition) is 1. The molecule has 1 atom stereocenters. The number of esters is 1. The van der Waals surface area contributed by atoms with Gasteiger partial charge in [-0.25, -0.2) is 9.18 Å². The summed E-state index contributed by atoms with van der Waals surface area (Å²) in [7, 11) is 1.49. The van der Waals surface area contributed by atoms with E-state index in [1.807, 2.05) is 0 Å². The Morgan fingerprint density at radius 1 is 1.07 bits per heavy atom. The summed E-state index contributed by atoms with van der Waals surface area (Å²) in [6.45, 7) is 0.000726. The molecular weight excluding hydrogens is 626 g/mol. The van der Waals surface area contributed by atoms with E-state index in [1.54, 1.807) is 66.7 Å². The zero-order chi connectivity index (χ0) is 31.0. The molecule has 4 aromatic carbocycles. The third-order valence-electron chi connectivity index (χ3n) is 7.04. The highest BCUT2D eigenvalue weighted by atomic mass is 35.5. The van der Waals surface area contributed by atoms with Gasteiger partial charge in [-0.05, 0) is 42.0 Å². The number of nitrogens with zero attached hydrogens (tertiary/aromatic N) is 1. The summed E-state index contributed by atoms with van der Waals surface area (Å²) in [5.41, 5.74) is 8.07. The Bertz CT molecular complexity index is 2020. The molecule has 6 rings (SSSR count). The minimum absolute atomic E-state index is 0.000726. The number of halogens is 3. The number of fused-ring (bicyclic) bond motifs is 2. The third-order valence-corrected chi connectivity index (χ3v) is 8.91. The molecule has 1 aromatic heterocycles. The topological polar surface area (TPSA) is 104 Å². The van der Waals surface area contributed by atoms with Crippen molar-refractivity contribution < 1.29 is 28.1 Å². The van der Waals surface area contributed by atoms with Crippen molar-refractivity contribution in [3.05, 3.63) is 128 Å². The van der Waals surface area contributed by atoms with Crippen LogP contribution in [-0.4, -0.2) is 13.1 Å². The van der Waals surface area contributed by atoms with E-state index in [9.17, 15) is 14.4 Å². The van der Waals surface area contributed by atoms with Crippen LogP contribution in [-0.2, 0) is 6.61 Å². The van der Waals surface area contributed by atoms with Gasteiger partial charge in [0.15, 0.2) is 11.5 Å². The molecular formula is C33H21Cl2FN2O5S. The van der Waals surface area contributed by atoms with E-state index in [4.69, 9.17) is 47.9 Å². The van der Waals surface area contributed by atoms with Crippen LogP contribution in [0.5, 0.6) is 23.0 Å². The van der Waals surface area contributed by atoms with Crippen molar-refractivity contribution in [3.8, 4) is 29.1 Å². The van der Waals surface area contributed by atoms with E-state index in [0.29, 0.717) is 44.3 Å². The van der Waals surface area contributed by atoms with E-state index in [2.05, 4.69) is 6.07 Å². The molecule has 220 valence electrons. The van der Waals surface area contributed by atoms with Gasteiger partial charge in [0.1, 0.15) is 40.4 Å². The maximum Gasteiger partial charge on any atom is 0.355 e. The number of nitriles is 1. The number of benzene rings is 4. The molecule has 1 aliphatic heterocycles. The molecule has 7 nitrogen and oxygen atoms in total. The first kappa shape index (κ1) is 29.3. The Kier molecular flexibility index (Phi) is 8.06. The summed E-state index contributed by atoms with van der Waals surface area (Å²) in [6.07, 6.45) is 0. The fraction of sp³-hybridized carbons (Fsp3) is 0.0909. The van der Waals surface area contributed by atoms with Crippen LogP contribution in [0, 0.1) is 17.1 Å². The molecule has 5 aromatic rings. The molecule has 44 heavy (non-hydrogen) atoms. The van der Waals surface area contributed by atoms with Gasteiger partial charge >= 0.3 is 5.97 Å². The molecule has 2 heterocycles. The van der Waals surface area contributed by atoms with Gasteiger partial charge in [0, 0.05) is 32.3 Å². The van der Waals surface area contributed by atoms with Crippen molar-refractivity contribution in [3.63, 3.8) is 0 Å². The molecule has 0 saturated carbocycles. The van der Waals surface area contributed by atoms with Crippen molar-refractivity contribution in [2.75, 3.05) is 7.11 Å². The van der Waals surface area contributed by atoms with Crippen molar-refractivity contribution in [2.45, 2.75) is 12.5 Å². The van der Waals surface area contributed by atoms with Crippen molar-refractivity contribution in [2.24, 2.45) is 5.73 Å². The van der Waals surface area contributed by atoms with Crippen LogP contribution in [0.4, 0.5) is 4.39 Å². The maximum atomic E-state index is 14.1. The summed E-state index contributed by atoms with van der Waals surface area (Å²) in [5, 5.41) is 11.5. The fourth-order valence-corrected chi connectivity index (χ4v) is 6.58. The average molecular weight is 648 g/mol. The van der Waals surface area contributed by atoms with Gasteiger partial charge < -0.3 is 24.7 Å². The van der Waals surface area contributed by atoms with Crippen LogP contribution in [0.1, 0.15) is 32.3 Å². The second-order valence-electron chi connectivity index (χ2n) is 9.69. The van der Waals surface area contributed by atoms with Crippen LogP contribution >= 0.6 is 34.5 Å². The number of allylic oxidation sites excluding steroid dienone is 1. The first-order chi connectivity index (χ1) is 21.3. The molecule has 0 bridgehead atoms. The zero-order valence-corrected chi connectivity index (χ0v) is 25.2. The summed E-state index contributed by atoms with van der Waals surface area (Å²) in [5.74, 6) is -0.436. The monoisotopic (exact) mass is 646 g/mol. The van der Waals surface area contributed by atoms with E-state index < -0.39 is 11.9 Å². The number of thiophene rings is 1. The number of ether oxygens (including phenoxy) is 4. The minimum atomic E-state index is -0.642. The molecule has 0 amide bonds. The number of rotatable bonds is 7. The molecule has 0 saturated heterocycles. The normalized spacial score (nSPS) is 14.0. The van der Waals surface area contributed by atoms with Crippen molar-refractivity contribution >= 4 is 50.6 Å². The lowest BCUT2D eigenvalue weighted by molar-refractivity contribution is 0.0739. The average Bonchev–Trinajstić information content (AvgIpc) is 3.35. The van der Waals surface area contributed by atoms with Gasteiger partial charge in [0.25, 0.3) is 0 Å². The van der Waals surface area contributed by atoms with Gasteiger partial charge in [-0.3, -0.25) is 0 Å². The summed E-state index contributed by atoms with van der Waals surface area (Å²) < 4.78 is 37.7. The Labute approximate surface area is 265 Å². The quantitative estimate of drug-likeness (QED) is 0.140. The molecule has 0 aliphatic carbocycles.